The zero-order chi connectivity index (χ0) is 19.4. The van der Waals surface area contributed by atoms with E-state index in [1.54, 1.807) is 20.0 Å². The van der Waals surface area contributed by atoms with Crippen molar-refractivity contribution in [2.75, 3.05) is 18.9 Å². The van der Waals surface area contributed by atoms with Crippen molar-refractivity contribution in [2.45, 2.75) is 6.92 Å². The zero-order valence-electron chi connectivity index (χ0n) is 14.9. The number of anilines is 1. The minimum Gasteiger partial charge on any atom is -0.441 e. The summed E-state index contributed by atoms with van der Waals surface area (Å²) in [7, 11) is 1.55. The van der Waals surface area contributed by atoms with Crippen molar-refractivity contribution in [3.05, 3.63) is 70.5 Å². The van der Waals surface area contributed by atoms with Gasteiger partial charge in [0, 0.05) is 17.1 Å². The van der Waals surface area contributed by atoms with Crippen molar-refractivity contribution < 1.29 is 14.0 Å². The van der Waals surface area contributed by atoms with Gasteiger partial charge in [-0.15, -0.1) is 0 Å². The highest BCUT2D eigenvalue weighted by Crippen LogP contribution is 2.23. The first-order valence-corrected chi connectivity index (χ1v) is 9.07. The minimum absolute atomic E-state index is 0.104. The van der Waals surface area contributed by atoms with Crippen molar-refractivity contribution in [2.24, 2.45) is 0 Å². The van der Waals surface area contributed by atoms with Crippen LogP contribution in [0.2, 0.25) is 0 Å². The van der Waals surface area contributed by atoms with E-state index in [9.17, 15) is 9.59 Å². The number of oxazole rings is 1. The van der Waals surface area contributed by atoms with Crippen LogP contribution in [0.15, 0.2) is 63.5 Å². The van der Waals surface area contributed by atoms with Gasteiger partial charge in [-0.1, -0.05) is 30.3 Å². The van der Waals surface area contributed by atoms with E-state index < -0.39 is 0 Å². The van der Waals surface area contributed by atoms with Crippen LogP contribution in [0.1, 0.15) is 16.2 Å². The van der Waals surface area contributed by atoms with Gasteiger partial charge >= 0.3 is 0 Å². The number of halogens is 1. The standard InChI is InChI=1S/C20H18BrN3O3/c1-13-18(23-19(27-13)14-8-4-3-5-9-14)20(26)24(2)12-17(25)22-16-11-7-6-10-15(16)21/h3-11H,12H2,1-2H3,(H,22,25). The molecular weight excluding hydrogens is 410 g/mol. The normalized spacial score (nSPS) is 10.5. The molecule has 1 aromatic heterocycles. The number of aryl methyl sites for hydroxylation is 1. The summed E-state index contributed by atoms with van der Waals surface area (Å²) < 4.78 is 6.39. The van der Waals surface area contributed by atoms with Gasteiger partial charge in [-0.05, 0) is 47.1 Å². The average molecular weight is 428 g/mol. The molecule has 0 saturated heterocycles. The van der Waals surface area contributed by atoms with E-state index in [2.05, 4.69) is 26.2 Å². The van der Waals surface area contributed by atoms with Gasteiger partial charge in [-0.25, -0.2) is 4.98 Å². The van der Waals surface area contributed by atoms with E-state index in [0.29, 0.717) is 17.3 Å². The van der Waals surface area contributed by atoms with Gasteiger partial charge in [0.05, 0.1) is 12.2 Å². The van der Waals surface area contributed by atoms with Gasteiger partial charge in [0.2, 0.25) is 11.8 Å². The zero-order valence-corrected chi connectivity index (χ0v) is 16.5. The number of amides is 2. The molecule has 0 aliphatic heterocycles. The third kappa shape index (κ3) is 4.43. The molecule has 0 spiro atoms. The number of nitrogens with zero attached hydrogens (tertiary/aromatic N) is 2. The molecule has 3 aromatic rings. The molecule has 0 unspecified atom stereocenters. The maximum atomic E-state index is 12.7. The number of hydrogen-bond donors (Lipinski definition) is 1. The Kier molecular flexibility index (Phi) is 5.71. The molecule has 0 radical (unpaired) electrons. The summed E-state index contributed by atoms with van der Waals surface area (Å²) in [4.78, 5) is 30.6. The van der Waals surface area contributed by atoms with E-state index in [1.165, 1.54) is 4.90 Å². The molecule has 6 nitrogen and oxygen atoms in total. The molecule has 7 heteroatoms. The van der Waals surface area contributed by atoms with Gasteiger partial charge in [-0.2, -0.15) is 0 Å². The fourth-order valence-electron chi connectivity index (χ4n) is 2.52. The van der Waals surface area contributed by atoms with Crippen LogP contribution in [0.3, 0.4) is 0 Å². The molecule has 0 saturated carbocycles. The monoisotopic (exact) mass is 427 g/mol. The maximum absolute atomic E-state index is 12.7. The molecule has 0 fully saturated rings. The number of carbonyl (C=O) groups excluding carboxylic acids is 2. The topological polar surface area (TPSA) is 75.4 Å². The number of hydrogen-bond acceptors (Lipinski definition) is 4. The fourth-order valence-corrected chi connectivity index (χ4v) is 2.90. The summed E-state index contributed by atoms with van der Waals surface area (Å²) in [5.41, 5.74) is 1.63. The number of benzene rings is 2. The van der Waals surface area contributed by atoms with Gasteiger partial charge in [-0.3, -0.25) is 9.59 Å². The Morgan fingerprint density at radius 3 is 2.48 bits per heavy atom. The SMILES string of the molecule is Cc1oc(-c2ccccc2)nc1C(=O)N(C)CC(=O)Nc1ccccc1Br. The smallest absolute Gasteiger partial charge is 0.276 e. The van der Waals surface area contributed by atoms with Crippen LogP contribution in [-0.2, 0) is 4.79 Å². The lowest BCUT2D eigenvalue weighted by molar-refractivity contribution is -0.116. The second-order valence-electron chi connectivity index (χ2n) is 5.98. The predicted molar refractivity (Wildman–Crippen MR) is 106 cm³/mol. The second kappa shape index (κ2) is 8.18. The van der Waals surface area contributed by atoms with Gasteiger partial charge in [0.25, 0.3) is 5.91 Å². The van der Waals surface area contributed by atoms with E-state index in [0.717, 1.165) is 10.0 Å². The van der Waals surface area contributed by atoms with E-state index in [-0.39, 0.29) is 24.1 Å². The van der Waals surface area contributed by atoms with Crippen molar-refractivity contribution >= 4 is 33.4 Å². The van der Waals surface area contributed by atoms with Crippen LogP contribution in [0.5, 0.6) is 0 Å². The Balaban J connectivity index is 1.69. The predicted octanol–water partition coefficient (Wildman–Crippen LogP) is 4.12. The van der Waals surface area contributed by atoms with Crippen LogP contribution in [0, 0.1) is 6.92 Å². The van der Waals surface area contributed by atoms with Crippen LogP contribution in [-0.4, -0.2) is 35.3 Å². The molecule has 2 amide bonds. The largest absolute Gasteiger partial charge is 0.441 e. The molecule has 138 valence electrons. The highest BCUT2D eigenvalue weighted by Gasteiger charge is 2.22. The first kappa shape index (κ1) is 18.8. The molecule has 0 bridgehead atoms. The summed E-state index contributed by atoms with van der Waals surface area (Å²) in [6.07, 6.45) is 0. The molecule has 0 atom stereocenters. The van der Waals surface area contributed by atoms with Gasteiger partial charge in [0.15, 0.2) is 5.69 Å². The Bertz CT molecular complexity index is 970. The van der Waals surface area contributed by atoms with Crippen LogP contribution in [0.4, 0.5) is 5.69 Å². The minimum atomic E-state index is -0.374. The first-order chi connectivity index (χ1) is 13.0. The van der Waals surface area contributed by atoms with E-state index in [1.807, 2.05) is 48.5 Å². The molecule has 3 rings (SSSR count). The molecule has 1 heterocycles. The summed E-state index contributed by atoms with van der Waals surface area (Å²) in [6.45, 7) is 1.58. The summed E-state index contributed by atoms with van der Waals surface area (Å²) >= 11 is 3.37. The number of rotatable bonds is 5. The Labute approximate surface area is 165 Å². The van der Waals surface area contributed by atoms with Crippen molar-refractivity contribution in [1.29, 1.82) is 0 Å². The Hall–Kier alpha value is -2.93. The number of carbonyl (C=O) groups is 2. The molecule has 0 aliphatic carbocycles. The summed E-state index contributed by atoms with van der Waals surface area (Å²) in [5, 5.41) is 2.77. The number of para-hydroxylation sites is 1. The summed E-state index contributed by atoms with van der Waals surface area (Å²) in [5.74, 6) is 0.113. The fraction of sp³-hybridized carbons (Fsp3) is 0.150. The number of likely N-dealkylation sites (N-methyl/N-ethyl adjacent to an activating group) is 1. The maximum Gasteiger partial charge on any atom is 0.276 e. The Morgan fingerprint density at radius 2 is 1.78 bits per heavy atom. The quantitative estimate of drug-likeness (QED) is 0.664. The van der Waals surface area contributed by atoms with E-state index in [4.69, 9.17) is 4.42 Å². The molecule has 0 aliphatic rings. The molecule has 1 N–H and O–H groups in total. The molecule has 2 aromatic carbocycles. The summed E-state index contributed by atoms with van der Waals surface area (Å²) in [6, 6.07) is 16.6. The Morgan fingerprint density at radius 1 is 1.11 bits per heavy atom. The van der Waals surface area contributed by atoms with Crippen LogP contribution in [0.25, 0.3) is 11.5 Å². The lowest BCUT2D eigenvalue weighted by atomic mass is 10.2. The van der Waals surface area contributed by atoms with Crippen molar-refractivity contribution in [3.63, 3.8) is 0 Å². The van der Waals surface area contributed by atoms with Gasteiger partial charge in [0.1, 0.15) is 5.76 Å². The lowest BCUT2D eigenvalue weighted by Crippen LogP contribution is -2.35. The molecular formula is C20H18BrN3O3. The van der Waals surface area contributed by atoms with Crippen LogP contribution < -0.4 is 5.32 Å². The highest BCUT2D eigenvalue weighted by atomic mass is 79.9. The highest BCUT2D eigenvalue weighted by molar-refractivity contribution is 9.10. The third-order valence-electron chi connectivity index (χ3n) is 3.90. The average Bonchev–Trinajstić information content (AvgIpc) is 3.05. The molecule has 27 heavy (non-hydrogen) atoms. The first-order valence-electron chi connectivity index (χ1n) is 8.28. The van der Waals surface area contributed by atoms with Crippen molar-refractivity contribution in [3.8, 4) is 11.5 Å². The third-order valence-corrected chi connectivity index (χ3v) is 4.59. The number of nitrogens with one attached hydrogen (secondary N) is 1. The van der Waals surface area contributed by atoms with Crippen molar-refractivity contribution in [1.82, 2.24) is 9.88 Å². The number of aromatic nitrogens is 1. The van der Waals surface area contributed by atoms with E-state index >= 15 is 0 Å². The van der Waals surface area contributed by atoms with Gasteiger partial charge < -0.3 is 14.6 Å². The lowest BCUT2D eigenvalue weighted by Gasteiger charge is -2.16. The van der Waals surface area contributed by atoms with Crippen LogP contribution >= 0.6 is 15.9 Å². The second-order valence-corrected chi connectivity index (χ2v) is 6.83.